The van der Waals surface area contributed by atoms with Crippen molar-refractivity contribution in [1.29, 1.82) is 0 Å². The van der Waals surface area contributed by atoms with Crippen LogP contribution in [0.25, 0.3) is 10.9 Å². The maximum atomic E-state index is 14.3. The van der Waals surface area contributed by atoms with Crippen LogP contribution in [0.5, 0.6) is 0 Å². The molecule has 5 aliphatic heterocycles. The summed E-state index contributed by atoms with van der Waals surface area (Å²) in [6.45, 7) is 21.5. The second-order valence-corrected chi connectivity index (χ2v) is 20.5. The van der Waals surface area contributed by atoms with Gasteiger partial charge in [0.25, 0.3) is 0 Å². The summed E-state index contributed by atoms with van der Waals surface area (Å²) in [5.74, 6) is 0.550. The zero-order chi connectivity index (χ0) is 35.8. The molecule has 2 N–H and O–H groups in total. The second-order valence-electron chi connectivity index (χ2n) is 20.5. The summed E-state index contributed by atoms with van der Waals surface area (Å²) < 4.78 is 39.7. The van der Waals surface area contributed by atoms with Gasteiger partial charge in [0.15, 0.2) is 17.7 Å². The van der Waals surface area contributed by atoms with E-state index in [4.69, 9.17) is 28.4 Å². The van der Waals surface area contributed by atoms with E-state index in [2.05, 4.69) is 86.4 Å². The lowest BCUT2D eigenvalue weighted by Gasteiger charge is -2.66. The lowest BCUT2D eigenvalue weighted by molar-refractivity contribution is -0.356. The van der Waals surface area contributed by atoms with Crippen molar-refractivity contribution in [3.8, 4) is 0 Å². The maximum Gasteiger partial charge on any atom is 0.187 e. The van der Waals surface area contributed by atoms with Crippen LogP contribution < -0.4 is 0 Å². The number of ketones is 1. The zero-order valence-electron chi connectivity index (χ0n) is 31.9. The number of nitrogens with one attached hydrogen (secondary N) is 1. The van der Waals surface area contributed by atoms with Crippen LogP contribution in [0.2, 0.25) is 0 Å². The molecule has 4 aliphatic carbocycles. The van der Waals surface area contributed by atoms with Crippen molar-refractivity contribution in [2.45, 2.75) is 184 Å². The molecule has 0 amide bonds. The van der Waals surface area contributed by atoms with Crippen molar-refractivity contribution in [1.82, 2.24) is 4.98 Å². The van der Waals surface area contributed by atoms with Gasteiger partial charge in [0, 0.05) is 38.9 Å². The van der Waals surface area contributed by atoms with Gasteiger partial charge in [-0.1, -0.05) is 13.8 Å². The van der Waals surface area contributed by atoms with Crippen LogP contribution in [0.4, 0.5) is 0 Å². The van der Waals surface area contributed by atoms with Crippen molar-refractivity contribution >= 4 is 16.7 Å². The van der Waals surface area contributed by atoms with Gasteiger partial charge in [0.2, 0.25) is 0 Å². The molecule has 13 atom stereocenters. The number of aromatic amines is 1. The molecule has 11 rings (SSSR count). The Morgan fingerprint density at radius 2 is 1.49 bits per heavy atom. The van der Waals surface area contributed by atoms with Crippen LogP contribution in [0.15, 0.2) is 12.1 Å². The summed E-state index contributed by atoms with van der Waals surface area (Å²) in [4.78, 5) is 18.3. The predicted molar refractivity (Wildman–Crippen MR) is 188 cm³/mol. The lowest BCUT2D eigenvalue weighted by Crippen LogP contribution is -2.77. The minimum Gasteiger partial charge on any atom is -0.386 e. The summed E-state index contributed by atoms with van der Waals surface area (Å²) in [6.07, 6.45) is 3.08. The van der Waals surface area contributed by atoms with Gasteiger partial charge >= 0.3 is 0 Å². The molecule has 6 heterocycles. The number of hydrogen-bond donors (Lipinski definition) is 2. The van der Waals surface area contributed by atoms with Gasteiger partial charge in [0.05, 0.1) is 34.4 Å². The number of H-pyrrole nitrogens is 1. The Bertz CT molecular complexity index is 1940. The predicted octanol–water partition coefficient (Wildman–Crippen LogP) is 6.08. The van der Waals surface area contributed by atoms with Gasteiger partial charge in [-0.2, -0.15) is 0 Å². The highest BCUT2D eigenvalue weighted by atomic mass is 16.8. The largest absolute Gasteiger partial charge is 0.386 e. The Morgan fingerprint density at radius 1 is 0.765 bits per heavy atom. The molecule has 0 radical (unpaired) electrons. The fraction of sp³-hybridized carbons (Fsp3) is 0.786. The van der Waals surface area contributed by atoms with Gasteiger partial charge < -0.3 is 38.5 Å². The molecular weight excluding hydrogens is 646 g/mol. The molecule has 7 fully saturated rings. The fourth-order valence-corrected chi connectivity index (χ4v) is 14.1. The Kier molecular flexibility index (Phi) is 5.74. The molecule has 0 bridgehead atoms. The third kappa shape index (κ3) is 3.50. The summed E-state index contributed by atoms with van der Waals surface area (Å²) in [5, 5.41) is 14.7. The minimum atomic E-state index is -1.13. The minimum absolute atomic E-state index is 0.119. The number of fused-ring (bicyclic) bond motifs is 12. The Labute approximate surface area is 300 Å². The molecule has 5 saturated heterocycles. The first kappa shape index (κ1) is 32.6. The van der Waals surface area contributed by atoms with Gasteiger partial charge in [-0.3, -0.25) is 4.79 Å². The number of epoxide rings is 2. The third-order valence-corrected chi connectivity index (χ3v) is 16.7. The van der Waals surface area contributed by atoms with Gasteiger partial charge in [-0.15, -0.1) is 0 Å². The molecule has 51 heavy (non-hydrogen) atoms. The van der Waals surface area contributed by atoms with Crippen molar-refractivity contribution in [2.24, 2.45) is 23.2 Å². The van der Waals surface area contributed by atoms with E-state index in [1.54, 1.807) is 0 Å². The SMILES string of the molecule is CC1(C)OC1C1OC2C3OC34[C@H](CC[C@]3(C)[C@@]5(C)c6[nH]c7ccc8c(c7c6C[C@@H]5CC[C@@]43O)C[C@@H]3[C@H](C8=O)C(C)(C)OC3(C)C)O[C@@H]2C(C)(C)O1. The van der Waals surface area contributed by atoms with Crippen LogP contribution >= 0.6 is 0 Å². The van der Waals surface area contributed by atoms with E-state index in [1.165, 1.54) is 22.2 Å². The lowest BCUT2D eigenvalue weighted by atomic mass is 9.40. The number of carbonyl (C=O) groups excluding carboxylic acids is 1. The van der Waals surface area contributed by atoms with E-state index in [1.807, 2.05) is 0 Å². The van der Waals surface area contributed by atoms with Gasteiger partial charge in [-0.25, -0.2) is 0 Å². The first-order valence-corrected chi connectivity index (χ1v) is 19.7. The molecule has 9 aliphatic rings. The van der Waals surface area contributed by atoms with E-state index in [0.29, 0.717) is 12.3 Å². The monoisotopic (exact) mass is 701 g/mol. The quantitative estimate of drug-likeness (QED) is 0.344. The van der Waals surface area contributed by atoms with Crippen molar-refractivity contribution < 1.29 is 38.3 Å². The summed E-state index contributed by atoms with van der Waals surface area (Å²) in [6, 6.07) is 4.19. The summed E-state index contributed by atoms with van der Waals surface area (Å²) >= 11 is 0. The Balaban J connectivity index is 0.995. The smallest absolute Gasteiger partial charge is 0.187 e. The normalized spacial score (nSPS) is 51.3. The zero-order valence-corrected chi connectivity index (χ0v) is 31.9. The number of benzene rings is 1. The molecule has 2 aromatic rings. The van der Waals surface area contributed by atoms with E-state index in [0.717, 1.165) is 43.2 Å². The van der Waals surface area contributed by atoms with Crippen LogP contribution in [0, 0.1) is 23.2 Å². The molecule has 2 saturated carbocycles. The number of aromatic nitrogens is 1. The first-order valence-electron chi connectivity index (χ1n) is 19.7. The first-order chi connectivity index (χ1) is 23.7. The average molecular weight is 702 g/mol. The topological polar surface area (TPSA) is 115 Å². The Hall–Kier alpha value is -1.85. The molecule has 5 unspecified atom stereocenters. The number of rotatable bonds is 1. The number of aliphatic hydroxyl groups is 1. The summed E-state index contributed by atoms with van der Waals surface area (Å²) in [5.41, 5.74) is 1.15. The van der Waals surface area contributed by atoms with E-state index in [-0.39, 0.29) is 59.2 Å². The highest BCUT2D eigenvalue weighted by Gasteiger charge is 2.87. The molecule has 1 aromatic heterocycles. The molecule has 1 spiro atoms. The molecule has 9 nitrogen and oxygen atoms in total. The van der Waals surface area contributed by atoms with Crippen molar-refractivity contribution in [3.63, 3.8) is 0 Å². The van der Waals surface area contributed by atoms with Crippen LogP contribution in [-0.2, 0) is 46.7 Å². The second kappa shape index (κ2) is 8.98. The average Bonchev–Trinajstić information content (AvgIpc) is 3.83. The number of ether oxygens (including phenoxy) is 6. The van der Waals surface area contributed by atoms with Crippen LogP contribution in [0.3, 0.4) is 0 Å². The maximum absolute atomic E-state index is 14.3. The van der Waals surface area contributed by atoms with Crippen LogP contribution in [0.1, 0.15) is 122 Å². The number of carbonyl (C=O) groups is 1. The van der Waals surface area contributed by atoms with Gasteiger partial charge in [-0.05, 0) is 123 Å². The summed E-state index contributed by atoms with van der Waals surface area (Å²) in [7, 11) is 0. The van der Waals surface area contributed by atoms with Gasteiger partial charge in [0.1, 0.15) is 30.0 Å². The van der Waals surface area contributed by atoms with E-state index >= 15 is 0 Å². The van der Waals surface area contributed by atoms with Crippen molar-refractivity contribution in [3.05, 3.63) is 34.5 Å². The highest BCUT2D eigenvalue weighted by molar-refractivity contribution is 6.06. The number of hydrogen-bond acceptors (Lipinski definition) is 8. The van der Waals surface area contributed by atoms with Crippen molar-refractivity contribution in [2.75, 3.05) is 0 Å². The Morgan fingerprint density at radius 3 is 2.22 bits per heavy atom. The number of Topliss-reactive ketones (excluding diaryl/α,β-unsaturated/α-hetero) is 1. The standard InChI is InChI=1S/C42H55NO8/c1-35(2)23-18-21-20(28(44)27(23)36(3,4)51-35)11-12-24-26(21)22-17-19-13-16-41(45)39(9,40(19,10)30(22)43-24)15-14-25-42(41)32(49-42)29-31(46-25)37(5,6)50-34(47-29)33-38(7,8)48-33/h11-12,19,23,25,27,29,31-34,43,45H,13-18H2,1-10H3/t19-,23+,25-,27+,29?,31-,32?,33?,34?,39+,40+,41-,42?/m0/s1. The fourth-order valence-electron chi connectivity index (χ4n) is 14.1. The molecule has 1 aromatic carbocycles. The van der Waals surface area contributed by atoms with Crippen LogP contribution in [-0.4, -0.2) is 86.3 Å². The molecular formula is C42H55NO8. The molecule has 9 heteroatoms. The van der Waals surface area contributed by atoms with E-state index in [9.17, 15) is 9.90 Å². The highest BCUT2D eigenvalue weighted by Crippen LogP contribution is 2.75. The molecule has 276 valence electrons. The third-order valence-electron chi connectivity index (χ3n) is 16.7. The van der Waals surface area contributed by atoms with E-state index < -0.39 is 39.7 Å².